The average molecular weight is 341 g/mol. The van der Waals surface area contributed by atoms with Crippen LogP contribution in [-0.4, -0.2) is 21.6 Å². The second-order valence-electron chi connectivity index (χ2n) is 6.31. The van der Waals surface area contributed by atoms with Crippen LogP contribution < -0.4 is 10.3 Å². The number of ether oxygens (including phenoxy) is 1. The normalized spacial score (nSPS) is 17.0. The van der Waals surface area contributed by atoms with Gasteiger partial charge in [0.25, 0.3) is 5.56 Å². The topological polar surface area (TPSA) is 57.0 Å². The van der Waals surface area contributed by atoms with E-state index in [0.29, 0.717) is 19.1 Å². The molecule has 1 aliphatic rings. The Morgan fingerprint density at radius 3 is 3.00 bits per heavy atom. The largest absolute Gasteiger partial charge is 0.492 e. The van der Waals surface area contributed by atoms with Crippen LogP contribution in [0.5, 0.6) is 5.75 Å². The molecule has 0 fully saturated rings. The van der Waals surface area contributed by atoms with Crippen molar-refractivity contribution in [2.75, 3.05) is 6.61 Å². The summed E-state index contributed by atoms with van der Waals surface area (Å²) >= 11 is 1.63. The summed E-state index contributed by atoms with van der Waals surface area (Å²) in [6, 6.07) is 9.58. The molecule has 2 heterocycles. The fourth-order valence-electron chi connectivity index (χ4n) is 3.20. The van der Waals surface area contributed by atoms with Crippen LogP contribution in [0.4, 0.5) is 0 Å². The fraction of sp³-hybridized carbons (Fsp3) is 0.389. The highest BCUT2D eigenvalue weighted by atomic mass is 32.1. The van der Waals surface area contributed by atoms with Crippen molar-refractivity contribution in [3.8, 4) is 5.75 Å². The van der Waals surface area contributed by atoms with E-state index in [0.717, 1.165) is 35.2 Å². The number of fused-ring (bicyclic) bond motifs is 3. The quantitative estimate of drug-likeness (QED) is 0.732. The van der Waals surface area contributed by atoms with Crippen LogP contribution in [0.15, 0.2) is 35.1 Å². The number of nitrogens with zero attached hydrogens (tertiary/aromatic N) is 3. The molecular formula is C18H19N3O2S. The number of aryl methyl sites for hydroxylation is 1. The van der Waals surface area contributed by atoms with Crippen LogP contribution in [0.1, 0.15) is 23.8 Å². The van der Waals surface area contributed by atoms with Gasteiger partial charge in [0.05, 0.1) is 11.9 Å². The van der Waals surface area contributed by atoms with Gasteiger partial charge in [0.15, 0.2) is 4.83 Å². The number of aromatic nitrogens is 3. The van der Waals surface area contributed by atoms with E-state index in [9.17, 15) is 4.79 Å². The van der Waals surface area contributed by atoms with E-state index in [1.165, 1.54) is 15.1 Å². The Kier molecular flexibility index (Phi) is 4.06. The monoisotopic (exact) mass is 341 g/mol. The third-order valence-electron chi connectivity index (χ3n) is 4.50. The van der Waals surface area contributed by atoms with Crippen LogP contribution >= 0.6 is 11.3 Å². The lowest BCUT2D eigenvalue weighted by Gasteiger charge is -2.17. The maximum Gasteiger partial charge on any atom is 0.278 e. The Morgan fingerprint density at radius 2 is 2.17 bits per heavy atom. The minimum atomic E-state index is -0.0382. The Morgan fingerprint density at radius 1 is 1.33 bits per heavy atom. The summed E-state index contributed by atoms with van der Waals surface area (Å²) in [7, 11) is 0. The van der Waals surface area contributed by atoms with Crippen LogP contribution in [0.25, 0.3) is 10.2 Å². The van der Waals surface area contributed by atoms with Crippen LogP contribution in [0.2, 0.25) is 0 Å². The van der Waals surface area contributed by atoms with Gasteiger partial charge >= 0.3 is 0 Å². The zero-order valence-electron chi connectivity index (χ0n) is 13.6. The van der Waals surface area contributed by atoms with Crippen molar-refractivity contribution in [2.24, 2.45) is 5.92 Å². The van der Waals surface area contributed by atoms with E-state index < -0.39 is 0 Å². The molecule has 0 saturated heterocycles. The van der Waals surface area contributed by atoms with Gasteiger partial charge in [-0.3, -0.25) is 4.79 Å². The minimum absolute atomic E-state index is 0.0382. The van der Waals surface area contributed by atoms with Gasteiger partial charge < -0.3 is 4.74 Å². The van der Waals surface area contributed by atoms with Gasteiger partial charge in [0.2, 0.25) is 0 Å². The predicted octanol–water partition coefficient (Wildman–Crippen LogP) is 3.06. The molecule has 4 rings (SSSR count). The molecule has 1 atom stereocenters. The highest BCUT2D eigenvalue weighted by molar-refractivity contribution is 7.18. The number of hydrogen-bond donors (Lipinski definition) is 0. The molecular weight excluding hydrogens is 322 g/mol. The van der Waals surface area contributed by atoms with Crippen molar-refractivity contribution in [1.29, 1.82) is 0 Å². The second kappa shape index (κ2) is 6.36. The lowest BCUT2D eigenvalue weighted by atomic mass is 9.89. The summed E-state index contributed by atoms with van der Waals surface area (Å²) in [5, 5.41) is 9.13. The van der Waals surface area contributed by atoms with Gasteiger partial charge in [-0.15, -0.1) is 16.4 Å². The maximum atomic E-state index is 12.8. The van der Waals surface area contributed by atoms with E-state index in [1.807, 2.05) is 30.3 Å². The second-order valence-corrected chi connectivity index (χ2v) is 7.39. The minimum Gasteiger partial charge on any atom is -0.492 e. The molecule has 0 spiro atoms. The molecule has 0 bridgehead atoms. The first-order valence-electron chi connectivity index (χ1n) is 8.28. The molecule has 0 saturated carbocycles. The van der Waals surface area contributed by atoms with Crippen molar-refractivity contribution < 1.29 is 4.74 Å². The van der Waals surface area contributed by atoms with Gasteiger partial charge in [0.1, 0.15) is 12.4 Å². The van der Waals surface area contributed by atoms with Crippen molar-refractivity contribution in [1.82, 2.24) is 15.0 Å². The average Bonchev–Trinajstić information content (AvgIpc) is 2.96. The van der Waals surface area contributed by atoms with Crippen molar-refractivity contribution in [3.05, 3.63) is 51.1 Å². The maximum absolute atomic E-state index is 12.8. The molecule has 1 aromatic carbocycles. The number of thiophene rings is 1. The number of hydrogen-bond acceptors (Lipinski definition) is 5. The zero-order valence-corrected chi connectivity index (χ0v) is 14.4. The molecule has 6 heteroatoms. The third-order valence-corrected chi connectivity index (χ3v) is 5.64. The lowest BCUT2D eigenvalue weighted by Crippen LogP contribution is -2.27. The number of para-hydroxylation sites is 1. The smallest absolute Gasteiger partial charge is 0.278 e. The number of rotatable bonds is 4. The zero-order chi connectivity index (χ0) is 16.5. The van der Waals surface area contributed by atoms with E-state index in [2.05, 4.69) is 17.2 Å². The highest BCUT2D eigenvalue weighted by Crippen LogP contribution is 2.35. The van der Waals surface area contributed by atoms with Crippen LogP contribution in [0, 0.1) is 5.92 Å². The molecule has 5 nitrogen and oxygen atoms in total. The summed E-state index contributed by atoms with van der Waals surface area (Å²) in [6.45, 7) is 3.06. The van der Waals surface area contributed by atoms with E-state index in [1.54, 1.807) is 11.3 Å². The van der Waals surface area contributed by atoms with E-state index >= 15 is 0 Å². The van der Waals surface area contributed by atoms with Gasteiger partial charge in [-0.1, -0.05) is 30.3 Å². The standard InChI is InChI=1S/C18H19N3O2S/c1-12-7-8-14-15(11-12)24-17-16(14)18(22)21(20-19-17)9-10-23-13-5-3-2-4-6-13/h2-6,12H,7-11H2,1H3/t12-/m1/s1. The van der Waals surface area contributed by atoms with Crippen molar-refractivity contribution in [3.63, 3.8) is 0 Å². The van der Waals surface area contributed by atoms with Gasteiger partial charge in [-0.2, -0.15) is 0 Å². The predicted molar refractivity (Wildman–Crippen MR) is 94.8 cm³/mol. The summed E-state index contributed by atoms with van der Waals surface area (Å²) in [6.07, 6.45) is 3.16. The van der Waals surface area contributed by atoms with Crippen LogP contribution in [0.3, 0.4) is 0 Å². The molecule has 2 aromatic heterocycles. The lowest BCUT2D eigenvalue weighted by molar-refractivity contribution is 0.285. The Hall–Kier alpha value is -2.21. The Balaban J connectivity index is 1.58. The molecule has 0 unspecified atom stereocenters. The third kappa shape index (κ3) is 2.82. The molecule has 0 radical (unpaired) electrons. The van der Waals surface area contributed by atoms with Crippen LogP contribution in [-0.2, 0) is 19.4 Å². The SMILES string of the molecule is C[C@@H]1CCc2c(sc3nnn(CCOc4ccccc4)c(=O)c23)C1. The highest BCUT2D eigenvalue weighted by Gasteiger charge is 2.23. The number of benzene rings is 1. The van der Waals surface area contributed by atoms with Crippen molar-refractivity contribution >= 4 is 21.6 Å². The summed E-state index contributed by atoms with van der Waals surface area (Å²) < 4.78 is 7.09. The molecule has 1 aliphatic carbocycles. The van der Waals surface area contributed by atoms with Gasteiger partial charge in [-0.05, 0) is 42.9 Å². The molecule has 0 aliphatic heterocycles. The van der Waals surface area contributed by atoms with E-state index in [4.69, 9.17) is 4.74 Å². The van der Waals surface area contributed by atoms with Gasteiger partial charge in [-0.25, -0.2) is 4.68 Å². The van der Waals surface area contributed by atoms with Crippen molar-refractivity contribution in [2.45, 2.75) is 32.7 Å². The first-order chi connectivity index (χ1) is 11.7. The molecule has 0 N–H and O–H groups in total. The first-order valence-corrected chi connectivity index (χ1v) is 9.10. The molecule has 24 heavy (non-hydrogen) atoms. The molecule has 0 amide bonds. The van der Waals surface area contributed by atoms with E-state index in [-0.39, 0.29) is 5.56 Å². The summed E-state index contributed by atoms with van der Waals surface area (Å²) in [5.74, 6) is 1.47. The summed E-state index contributed by atoms with van der Waals surface area (Å²) in [4.78, 5) is 14.9. The Labute approximate surface area is 143 Å². The van der Waals surface area contributed by atoms with Gasteiger partial charge in [0, 0.05) is 4.88 Å². The first kappa shape index (κ1) is 15.3. The molecule has 124 valence electrons. The molecule has 3 aromatic rings. The fourth-order valence-corrected chi connectivity index (χ4v) is 4.52. The summed E-state index contributed by atoms with van der Waals surface area (Å²) in [5.41, 5.74) is 1.16. The Bertz CT molecular complexity index is 917.